The number of hydrogen-bond donors (Lipinski definition) is 2. The highest BCUT2D eigenvalue weighted by Crippen LogP contribution is 2.34. The van der Waals surface area contributed by atoms with Gasteiger partial charge in [-0.3, -0.25) is 19.4 Å². The summed E-state index contributed by atoms with van der Waals surface area (Å²) in [7, 11) is 0. The molecule has 2 N–H and O–H groups in total. The lowest BCUT2D eigenvalue weighted by Gasteiger charge is -2.35. The van der Waals surface area contributed by atoms with Crippen molar-refractivity contribution in [2.75, 3.05) is 44.7 Å². The number of para-hydroxylation sites is 1. The third-order valence-electron chi connectivity index (χ3n) is 5.97. The second kappa shape index (κ2) is 9.11. The van der Waals surface area contributed by atoms with Crippen molar-refractivity contribution in [1.29, 1.82) is 0 Å². The van der Waals surface area contributed by atoms with E-state index in [0.29, 0.717) is 31.9 Å². The van der Waals surface area contributed by atoms with E-state index in [0.717, 1.165) is 11.0 Å². The zero-order valence-electron chi connectivity index (χ0n) is 18.4. The summed E-state index contributed by atoms with van der Waals surface area (Å²) in [5, 5.41) is 5.01. The van der Waals surface area contributed by atoms with Crippen molar-refractivity contribution in [2.24, 2.45) is 0 Å². The van der Waals surface area contributed by atoms with E-state index in [2.05, 4.69) is 10.6 Å². The molecular formula is C22H24F3N5O4. The molecule has 2 aromatic rings. The van der Waals surface area contributed by atoms with Gasteiger partial charge in [-0.25, -0.2) is 9.69 Å². The minimum Gasteiger partial charge on any atom is -0.466 e. The predicted molar refractivity (Wildman–Crippen MR) is 114 cm³/mol. The summed E-state index contributed by atoms with van der Waals surface area (Å²) in [4.78, 5) is 42.5. The van der Waals surface area contributed by atoms with Crippen molar-refractivity contribution in [2.45, 2.75) is 18.6 Å². The number of imide groups is 1. The maximum atomic E-state index is 13.1. The average molecular weight is 479 g/mol. The zero-order chi connectivity index (χ0) is 24.5. The van der Waals surface area contributed by atoms with E-state index < -0.39 is 35.1 Å². The fourth-order valence-electron chi connectivity index (χ4n) is 4.08. The molecule has 12 heteroatoms. The third kappa shape index (κ3) is 4.77. The Hall–Kier alpha value is -3.38. The summed E-state index contributed by atoms with van der Waals surface area (Å²) in [6.07, 6.45) is -3.14. The van der Waals surface area contributed by atoms with Gasteiger partial charge in [0.05, 0.1) is 30.7 Å². The number of piperazine rings is 1. The Morgan fingerprint density at radius 1 is 1.09 bits per heavy atom. The Kier molecular flexibility index (Phi) is 6.36. The topological polar surface area (TPSA) is 98.1 Å². The molecule has 9 nitrogen and oxygen atoms in total. The average Bonchev–Trinajstić information content (AvgIpc) is 3.39. The second-order valence-corrected chi connectivity index (χ2v) is 8.39. The van der Waals surface area contributed by atoms with Gasteiger partial charge in [0.15, 0.2) is 5.54 Å². The van der Waals surface area contributed by atoms with Gasteiger partial charge < -0.3 is 15.1 Å². The summed E-state index contributed by atoms with van der Waals surface area (Å²) in [6, 6.07) is 7.57. The first-order valence-corrected chi connectivity index (χ1v) is 10.7. The molecule has 1 aromatic heterocycles. The number of benzene rings is 1. The molecule has 1 aromatic carbocycles. The summed E-state index contributed by atoms with van der Waals surface area (Å²) in [5.41, 5.74) is -2.45. The van der Waals surface area contributed by atoms with Crippen molar-refractivity contribution in [3.8, 4) is 0 Å². The van der Waals surface area contributed by atoms with Crippen LogP contribution in [0.5, 0.6) is 0 Å². The Labute approximate surface area is 193 Å². The zero-order valence-corrected chi connectivity index (χ0v) is 18.4. The molecular weight excluding hydrogens is 455 g/mol. The molecule has 0 saturated carbocycles. The number of alkyl halides is 3. The van der Waals surface area contributed by atoms with Crippen LogP contribution in [0.25, 0.3) is 0 Å². The van der Waals surface area contributed by atoms with Crippen LogP contribution >= 0.6 is 0 Å². The van der Waals surface area contributed by atoms with E-state index in [1.807, 2.05) is 4.90 Å². The molecule has 182 valence electrons. The third-order valence-corrected chi connectivity index (χ3v) is 5.97. The molecule has 2 aliphatic heterocycles. The smallest absolute Gasteiger partial charge is 0.418 e. The fourth-order valence-corrected chi connectivity index (χ4v) is 4.08. The van der Waals surface area contributed by atoms with Gasteiger partial charge in [-0.2, -0.15) is 13.2 Å². The number of carbonyl (C=O) groups excluding carboxylic acids is 3. The minimum atomic E-state index is -4.57. The van der Waals surface area contributed by atoms with Gasteiger partial charge in [-0.05, 0) is 31.2 Å². The minimum absolute atomic E-state index is 0.0697. The molecule has 2 saturated heterocycles. The van der Waals surface area contributed by atoms with Crippen molar-refractivity contribution in [1.82, 2.24) is 20.0 Å². The molecule has 0 aliphatic carbocycles. The van der Waals surface area contributed by atoms with E-state index in [4.69, 9.17) is 4.42 Å². The van der Waals surface area contributed by atoms with Crippen LogP contribution in [-0.4, -0.2) is 71.9 Å². The van der Waals surface area contributed by atoms with Crippen molar-refractivity contribution in [3.63, 3.8) is 0 Å². The van der Waals surface area contributed by atoms with Gasteiger partial charge in [0.25, 0.3) is 5.91 Å². The largest absolute Gasteiger partial charge is 0.466 e. The van der Waals surface area contributed by atoms with Crippen LogP contribution in [0.2, 0.25) is 0 Å². The van der Waals surface area contributed by atoms with Gasteiger partial charge in [0.2, 0.25) is 5.91 Å². The van der Waals surface area contributed by atoms with Crippen LogP contribution in [0.15, 0.2) is 47.1 Å². The van der Waals surface area contributed by atoms with E-state index in [1.165, 1.54) is 24.5 Å². The van der Waals surface area contributed by atoms with Crippen LogP contribution in [0.3, 0.4) is 0 Å². The van der Waals surface area contributed by atoms with Crippen LogP contribution in [0, 0.1) is 0 Å². The SMILES string of the molecule is C[C@@]1(c2ccco2)NC(=O)N(CN2CCN(CC(=O)Nc3ccccc3C(F)(F)F)CC2)C1=O. The van der Waals surface area contributed by atoms with Crippen LogP contribution < -0.4 is 10.6 Å². The normalized spacial score (nSPS) is 22.2. The predicted octanol–water partition coefficient (Wildman–Crippen LogP) is 2.28. The van der Waals surface area contributed by atoms with Gasteiger partial charge >= 0.3 is 12.2 Å². The molecule has 4 amide bonds. The second-order valence-electron chi connectivity index (χ2n) is 8.39. The monoisotopic (exact) mass is 479 g/mol. The molecule has 2 fully saturated rings. The van der Waals surface area contributed by atoms with Crippen LogP contribution in [-0.2, 0) is 21.3 Å². The lowest BCUT2D eigenvalue weighted by molar-refractivity contribution is -0.137. The lowest BCUT2D eigenvalue weighted by atomic mass is 9.99. The number of amides is 4. The molecule has 2 aliphatic rings. The first-order valence-electron chi connectivity index (χ1n) is 10.7. The van der Waals surface area contributed by atoms with Crippen LogP contribution in [0.1, 0.15) is 18.2 Å². The first-order chi connectivity index (χ1) is 16.1. The molecule has 4 rings (SSSR count). The Bertz CT molecular complexity index is 1070. The molecule has 1 atom stereocenters. The maximum absolute atomic E-state index is 13.1. The Morgan fingerprint density at radius 3 is 2.41 bits per heavy atom. The number of halogens is 3. The first kappa shape index (κ1) is 23.8. The molecule has 0 bridgehead atoms. The lowest BCUT2D eigenvalue weighted by Crippen LogP contribution is -2.52. The number of rotatable bonds is 6. The van der Waals surface area contributed by atoms with Gasteiger partial charge in [0, 0.05) is 26.2 Å². The number of anilines is 1. The molecule has 0 radical (unpaired) electrons. The summed E-state index contributed by atoms with van der Waals surface area (Å²) in [5.74, 6) is -0.623. The molecule has 0 spiro atoms. The van der Waals surface area contributed by atoms with Gasteiger partial charge in [0.1, 0.15) is 5.76 Å². The summed E-state index contributed by atoms with van der Waals surface area (Å²) in [6.45, 7) is 3.45. The van der Waals surface area contributed by atoms with E-state index in [9.17, 15) is 27.6 Å². The quantitative estimate of drug-likeness (QED) is 0.617. The summed E-state index contributed by atoms with van der Waals surface area (Å²) >= 11 is 0. The van der Waals surface area contributed by atoms with Gasteiger partial charge in [-0.15, -0.1) is 0 Å². The highest BCUT2D eigenvalue weighted by atomic mass is 19.4. The molecule has 0 unspecified atom stereocenters. The number of nitrogens with zero attached hydrogens (tertiary/aromatic N) is 3. The van der Waals surface area contributed by atoms with Crippen molar-refractivity contribution < 1.29 is 32.0 Å². The van der Waals surface area contributed by atoms with Crippen molar-refractivity contribution in [3.05, 3.63) is 54.0 Å². The maximum Gasteiger partial charge on any atom is 0.418 e. The highest BCUT2D eigenvalue weighted by molar-refractivity contribution is 6.06. The van der Waals surface area contributed by atoms with E-state index >= 15 is 0 Å². The Balaban J connectivity index is 1.29. The molecule has 3 heterocycles. The van der Waals surface area contributed by atoms with Crippen LogP contribution in [0.4, 0.5) is 23.7 Å². The molecule has 34 heavy (non-hydrogen) atoms. The number of furan rings is 1. The summed E-state index contributed by atoms with van der Waals surface area (Å²) < 4.78 is 44.7. The number of hydrogen-bond acceptors (Lipinski definition) is 6. The van der Waals surface area contributed by atoms with E-state index in [-0.39, 0.29) is 18.9 Å². The van der Waals surface area contributed by atoms with E-state index in [1.54, 1.807) is 24.0 Å². The number of urea groups is 1. The van der Waals surface area contributed by atoms with Gasteiger partial charge in [-0.1, -0.05) is 12.1 Å². The number of nitrogens with one attached hydrogen (secondary N) is 2. The fraction of sp³-hybridized carbons (Fsp3) is 0.409. The number of carbonyl (C=O) groups is 3. The standard InChI is InChI=1S/C22H24F3N5O4/c1-21(17-7-4-12-34-17)19(32)30(20(33)27-21)14-29-10-8-28(9-11-29)13-18(31)26-16-6-3-2-5-15(16)22(23,24)25/h2-7,12H,8-11,13-14H2,1H3,(H,26,31)(H,27,33)/t21-/m0/s1. The Morgan fingerprint density at radius 2 is 1.76 bits per heavy atom. The highest BCUT2D eigenvalue weighted by Gasteiger charge is 2.51. The van der Waals surface area contributed by atoms with Crippen molar-refractivity contribution >= 4 is 23.5 Å².